The van der Waals surface area contributed by atoms with Crippen LogP contribution in [0, 0.1) is 13.8 Å². The highest BCUT2D eigenvalue weighted by Gasteiger charge is 2.18. The Balaban J connectivity index is 0.00000462. The summed E-state index contributed by atoms with van der Waals surface area (Å²) in [5.74, 6) is 0.247. The van der Waals surface area contributed by atoms with Crippen LogP contribution in [0.3, 0.4) is 0 Å². The van der Waals surface area contributed by atoms with Gasteiger partial charge in [0.15, 0.2) is 17.5 Å². The molecule has 0 bridgehead atoms. The number of pyridine rings is 1. The number of aromatic nitrogens is 3. The predicted octanol–water partition coefficient (Wildman–Crippen LogP) is 1.93. The highest BCUT2D eigenvalue weighted by molar-refractivity contribution is 8.13. The van der Waals surface area contributed by atoms with E-state index in [2.05, 4.69) is 24.6 Å². The van der Waals surface area contributed by atoms with Crippen LogP contribution in [-0.4, -0.2) is 29.4 Å². The molecule has 0 aliphatic carbocycles. The molecule has 0 saturated carbocycles. The standard InChI is InChI=1S/C29H29N5O4S2.BrH/c1-21-20-27(31-22(2)30-21)33-40(37,38)24-15-13-23(14-16-24)32-29(36)25-10-4-5-11-26(25)39-28(35)12-6-9-19-34-17-7-3-8-18-34;/h3-5,7-8,10-11,13-18,20H,6,9,12,19H2,1-2H3,(H-,30,31,32,33,36);1H. The van der Waals surface area contributed by atoms with Crippen molar-refractivity contribution in [3.63, 3.8) is 0 Å². The number of hydrogen-bond acceptors (Lipinski definition) is 7. The molecule has 1 amide bonds. The van der Waals surface area contributed by atoms with E-state index in [0.717, 1.165) is 31.1 Å². The van der Waals surface area contributed by atoms with Crippen LogP contribution < -0.4 is 31.6 Å². The number of hydrogen-bond donors (Lipinski definition) is 2. The van der Waals surface area contributed by atoms with Crippen LogP contribution in [0.1, 0.15) is 41.1 Å². The summed E-state index contributed by atoms with van der Waals surface area (Å²) in [6, 6.07) is 20.2. The molecule has 12 heteroatoms. The van der Waals surface area contributed by atoms with E-state index >= 15 is 0 Å². The average molecular weight is 657 g/mol. The largest absolute Gasteiger partial charge is 1.00 e. The molecule has 0 spiro atoms. The molecular weight excluding hydrogens is 626 g/mol. The number of halogens is 1. The van der Waals surface area contributed by atoms with Crippen LogP contribution in [-0.2, 0) is 21.4 Å². The minimum Gasteiger partial charge on any atom is -1.00 e. The van der Waals surface area contributed by atoms with Gasteiger partial charge >= 0.3 is 0 Å². The van der Waals surface area contributed by atoms with Gasteiger partial charge in [0.25, 0.3) is 15.9 Å². The van der Waals surface area contributed by atoms with E-state index in [0.29, 0.717) is 34.1 Å². The molecular formula is C29H30BrN5O4S2. The number of nitrogens with one attached hydrogen (secondary N) is 2. The topological polar surface area (TPSA) is 122 Å². The van der Waals surface area contributed by atoms with E-state index in [-0.39, 0.29) is 32.8 Å². The van der Waals surface area contributed by atoms with Gasteiger partial charge in [-0.15, -0.1) is 0 Å². The summed E-state index contributed by atoms with van der Waals surface area (Å²) in [5, 5.41) is 2.78. The first kappa shape index (κ1) is 31.9. The lowest BCUT2D eigenvalue weighted by atomic mass is 10.2. The van der Waals surface area contributed by atoms with E-state index in [1.54, 1.807) is 44.2 Å². The highest BCUT2D eigenvalue weighted by atomic mass is 79.9. The first-order chi connectivity index (χ1) is 19.2. The number of aryl methyl sites for hydroxylation is 3. The lowest BCUT2D eigenvalue weighted by molar-refractivity contribution is -0.697. The van der Waals surface area contributed by atoms with Crippen molar-refractivity contribution in [3.05, 3.63) is 102 Å². The van der Waals surface area contributed by atoms with Crippen LogP contribution in [0.4, 0.5) is 11.5 Å². The molecule has 214 valence electrons. The second-order valence-corrected chi connectivity index (χ2v) is 11.8. The van der Waals surface area contributed by atoms with Crippen molar-refractivity contribution in [2.24, 2.45) is 0 Å². The Morgan fingerprint density at radius 2 is 1.61 bits per heavy atom. The van der Waals surface area contributed by atoms with Gasteiger partial charge in [0.2, 0.25) is 0 Å². The molecule has 2 aromatic heterocycles. The summed E-state index contributed by atoms with van der Waals surface area (Å²) in [5.41, 5.74) is 1.43. The molecule has 2 aromatic carbocycles. The molecule has 9 nitrogen and oxygen atoms in total. The van der Waals surface area contributed by atoms with Crippen molar-refractivity contribution in [2.45, 2.75) is 49.4 Å². The van der Waals surface area contributed by atoms with Crippen LogP contribution in [0.25, 0.3) is 0 Å². The molecule has 0 aliphatic rings. The van der Waals surface area contributed by atoms with Crippen LogP contribution >= 0.6 is 11.8 Å². The third kappa shape index (κ3) is 9.48. The number of carbonyl (C=O) groups is 2. The third-order valence-electron chi connectivity index (χ3n) is 5.81. The molecule has 41 heavy (non-hydrogen) atoms. The fraction of sp³-hybridized carbons (Fsp3) is 0.207. The van der Waals surface area contributed by atoms with Crippen molar-refractivity contribution in [1.82, 2.24) is 9.97 Å². The Morgan fingerprint density at radius 3 is 2.32 bits per heavy atom. The monoisotopic (exact) mass is 655 g/mol. The van der Waals surface area contributed by atoms with Gasteiger partial charge in [-0.1, -0.05) is 30.0 Å². The molecule has 0 atom stereocenters. The molecule has 2 N–H and O–H groups in total. The second kappa shape index (κ2) is 14.9. The SMILES string of the molecule is Cc1cc(NS(=O)(=O)c2ccc(NC(=O)c3ccccc3SC(=O)CCCC[n+]3ccccc3)cc2)nc(C)n1.[Br-]. The second-order valence-electron chi connectivity index (χ2n) is 9.07. The van der Waals surface area contributed by atoms with Gasteiger partial charge in [-0.25, -0.2) is 23.0 Å². The lowest BCUT2D eigenvalue weighted by Crippen LogP contribution is -3.00. The first-order valence-electron chi connectivity index (χ1n) is 12.7. The van der Waals surface area contributed by atoms with Crippen LogP contribution in [0.15, 0.2) is 95.0 Å². The minimum absolute atomic E-state index is 0. The summed E-state index contributed by atoms with van der Waals surface area (Å²) < 4.78 is 30.1. The van der Waals surface area contributed by atoms with Crippen molar-refractivity contribution in [1.29, 1.82) is 0 Å². The molecule has 0 fully saturated rings. The number of anilines is 2. The normalized spacial score (nSPS) is 10.9. The number of unbranched alkanes of at least 4 members (excludes halogenated alkanes) is 1. The highest BCUT2D eigenvalue weighted by Crippen LogP contribution is 2.26. The molecule has 0 radical (unpaired) electrons. The van der Waals surface area contributed by atoms with Crippen molar-refractivity contribution in [3.8, 4) is 0 Å². The van der Waals surface area contributed by atoms with E-state index in [4.69, 9.17) is 0 Å². The Labute approximate surface area is 254 Å². The molecule has 0 unspecified atom stereocenters. The molecule has 4 aromatic rings. The molecule has 2 heterocycles. The maximum atomic E-state index is 13.0. The number of carbonyl (C=O) groups excluding carboxylic acids is 2. The Hall–Kier alpha value is -3.61. The summed E-state index contributed by atoms with van der Waals surface area (Å²) >= 11 is 1.06. The number of thioether (sulfide) groups is 1. The van der Waals surface area contributed by atoms with Crippen LogP contribution in [0.5, 0.6) is 0 Å². The minimum atomic E-state index is -3.89. The van der Waals surface area contributed by atoms with E-state index < -0.39 is 15.9 Å². The van der Waals surface area contributed by atoms with Crippen LogP contribution in [0.2, 0.25) is 0 Å². The van der Waals surface area contributed by atoms with E-state index in [1.165, 1.54) is 24.3 Å². The number of amides is 1. The quantitative estimate of drug-likeness (QED) is 0.144. The Kier molecular flexibility index (Phi) is 11.6. The van der Waals surface area contributed by atoms with Crippen molar-refractivity contribution >= 4 is 44.3 Å². The van der Waals surface area contributed by atoms with Gasteiger partial charge in [0.05, 0.1) is 10.5 Å². The number of rotatable bonds is 11. The van der Waals surface area contributed by atoms with Gasteiger partial charge < -0.3 is 22.3 Å². The smallest absolute Gasteiger partial charge is 0.263 e. The summed E-state index contributed by atoms with van der Waals surface area (Å²) in [6.07, 6.45) is 6.03. The zero-order valence-electron chi connectivity index (χ0n) is 22.6. The first-order valence-corrected chi connectivity index (χ1v) is 15.0. The molecule has 4 rings (SSSR count). The number of sulfonamides is 1. The van der Waals surface area contributed by atoms with Crippen molar-refractivity contribution < 1.29 is 39.6 Å². The van der Waals surface area contributed by atoms with Gasteiger partial charge in [-0.05, 0) is 56.7 Å². The number of benzene rings is 2. The van der Waals surface area contributed by atoms with Gasteiger partial charge in [0, 0.05) is 47.3 Å². The van der Waals surface area contributed by atoms with Gasteiger partial charge in [-0.2, -0.15) is 0 Å². The summed E-state index contributed by atoms with van der Waals surface area (Å²) in [7, 11) is -3.89. The Bertz CT molecular complexity index is 1580. The summed E-state index contributed by atoms with van der Waals surface area (Å²) in [4.78, 5) is 34.5. The maximum absolute atomic E-state index is 13.0. The van der Waals surface area contributed by atoms with Crippen molar-refractivity contribution in [2.75, 3.05) is 10.0 Å². The molecule has 0 saturated heterocycles. The number of nitrogens with zero attached hydrogens (tertiary/aromatic N) is 3. The zero-order valence-corrected chi connectivity index (χ0v) is 25.8. The predicted molar refractivity (Wildman–Crippen MR) is 155 cm³/mol. The summed E-state index contributed by atoms with van der Waals surface area (Å²) in [6.45, 7) is 4.28. The fourth-order valence-corrected chi connectivity index (χ4v) is 5.85. The third-order valence-corrected chi connectivity index (χ3v) is 8.19. The van der Waals surface area contributed by atoms with E-state index in [9.17, 15) is 18.0 Å². The fourth-order valence-electron chi connectivity index (χ4n) is 3.95. The molecule has 0 aliphatic heterocycles. The van der Waals surface area contributed by atoms with Gasteiger partial charge in [-0.3, -0.25) is 14.3 Å². The Morgan fingerprint density at radius 1 is 0.902 bits per heavy atom. The van der Waals surface area contributed by atoms with Gasteiger partial charge in [0.1, 0.15) is 18.2 Å². The zero-order chi connectivity index (χ0) is 28.5. The maximum Gasteiger partial charge on any atom is 0.263 e. The average Bonchev–Trinajstić information content (AvgIpc) is 2.91. The van der Waals surface area contributed by atoms with E-state index in [1.807, 2.05) is 30.6 Å². The lowest BCUT2D eigenvalue weighted by Gasteiger charge is -2.11.